The molecule has 148 valence electrons. The summed E-state index contributed by atoms with van der Waals surface area (Å²) in [6.45, 7) is 10.2. The van der Waals surface area contributed by atoms with Gasteiger partial charge < -0.3 is 9.64 Å². The van der Waals surface area contributed by atoms with Gasteiger partial charge >= 0.3 is 0 Å². The number of ether oxygens (including phenoxy) is 1. The van der Waals surface area contributed by atoms with Gasteiger partial charge in [0.15, 0.2) is 0 Å². The van der Waals surface area contributed by atoms with Gasteiger partial charge in [-0.25, -0.2) is 15.0 Å². The van der Waals surface area contributed by atoms with Crippen molar-refractivity contribution in [3.63, 3.8) is 0 Å². The summed E-state index contributed by atoms with van der Waals surface area (Å²) in [7, 11) is 0. The van der Waals surface area contributed by atoms with Crippen molar-refractivity contribution in [2.24, 2.45) is 9.98 Å². The Morgan fingerprint density at radius 1 is 1.32 bits per heavy atom. The van der Waals surface area contributed by atoms with E-state index in [1.54, 1.807) is 12.3 Å². The fourth-order valence-corrected chi connectivity index (χ4v) is 2.50. The van der Waals surface area contributed by atoms with Crippen LogP contribution >= 0.6 is 0 Å². The van der Waals surface area contributed by atoms with Gasteiger partial charge in [0, 0.05) is 31.9 Å². The zero-order chi connectivity index (χ0) is 20.2. The van der Waals surface area contributed by atoms with E-state index in [9.17, 15) is 4.39 Å². The Labute approximate surface area is 166 Å². The van der Waals surface area contributed by atoms with E-state index in [-0.39, 0.29) is 0 Å². The number of pyridine rings is 1. The molecule has 0 aliphatic carbocycles. The van der Waals surface area contributed by atoms with Crippen LogP contribution in [0.5, 0.6) is 5.75 Å². The summed E-state index contributed by atoms with van der Waals surface area (Å²) in [5.41, 5.74) is 2.05. The molecule has 0 unspecified atom stereocenters. The van der Waals surface area contributed by atoms with Gasteiger partial charge in [0.25, 0.3) is 0 Å². The normalized spacial score (nSPS) is 11.6. The molecule has 0 N–H and O–H groups in total. The number of aryl methyl sites for hydroxylation is 1. The van der Waals surface area contributed by atoms with Gasteiger partial charge in [-0.2, -0.15) is 4.39 Å². The van der Waals surface area contributed by atoms with Crippen LogP contribution in [0.25, 0.3) is 0 Å². The maximum atomic E-state index is 12.9. The molecule has 28 heavy (non-hydrogen) atoms. The second-order valence-corrected chi connectivity index (χ2v) is 6.18. The van der Waals surface area contributed by atoms with Gasteiger partial charge in [-0.15, -0.1) is 6.58 Å². The fourth-order valence-electron chi connectivity index (χ4n) is 2.50. The number of rotatable bonds is 9. The van der Waals surface area contributed by atoms with E-state index in [1.807, 2.05) is 49.1 Å². The number of benzene rings is 1. The minimum absolute atomic E-state index is 0.468. The van der Waals surface area contributed by atoms with Crippen LogP contribution in [0, 0.1) is 12.9 Å². The SMILES string of the molecule is C=CCN(CC)C(/N=C\Cc1ccc(F)nc1)=N\CCOc1cccc(C)c1. The highest BCUT2D eigenvalue weighted by Gasteiger charge is 2.06. The minimum Gasteiger partial charge on any atom is -0.492 e. The number of aromatic nitrogens is 1. The largest absolute Gasteiger partial charge is 0.492 e. The first-order chi connectivity index (χ1) is 13.6. The van der Waals surface area contributed by atoms with Gasteiger partial charge in [0.1, 0.15) is 12.4 Å². The maximum absolute atomic E-state index is 12.9. The van der Waals surface area contributed by atoms with Crippen molar-refractivity contribution in [3.05, 3.63) is 72.3 Å². The van der Waals surface area contributed by atoms with Crippen molar-refractivity contribution in [2.75, 3.05) is 26.2 Å². The molecule has 0 saturated carbocycles. The lowest BCUT2D eigenvalue weighted by molar-refractivity contribution is 0.327. The topological polar surface area (TPSA) is 50.1 Å². The summed E-state index contributed by atoms with van der Waals surface area (Å²) in [6.07, 6.45) is 5.65. The minimum atomic E-state index is -0.486. The van der Waals surface area contributed by atoms with Crippen LogP contribution in [0.2, 0.25) is 0 Å². The van der Waals surface area contributed by atoms with Crippen LogP contribution < -0.4 is 4.74 Å². The molecule has 6 heteroatoms. The molecule has 5 nitrogen and oxygen atoms in total. The van der Waals surface area contributed by atoms with Crippen molar-refractivity contribution in [1.29, 1.82) is 0 Å². The van der Waals surface area contributed by atoms with Crippen LogP contribution in [0.1, 0.15) is 18.1 Å². The zero-order valence-electron chi connectivity index (χ0n) is 16.5. The smallest absolute Gasteiger partial charge is 0.220 e. The molecular formula is C22H27FN4O. The molecule has 0 fully saturated rings. The van der Waals surface area contributed by atoms with E-state index in [4.69, 9.17) is 4.74 Å². The van der Waals surface area contributed by atoms with Crippen LogP contribution in [-0.4, -0.2) is 48.3 Å². The Morgan fingerprint density at radius 2 is 2.18 bits per heavy atom. The molecule has 0 spiro atoms. The molecule has 0 aliphatic rings. The van der Waals surface area contributed by atoms with E-state index in [2.05, 4.69) is 21.5 Å². The third-order valence-corrected chi connectivity index (χ3v) is 3.94. The molecule has 0 bridgehead atoms. The Hall–Kier alpha value is -3.02. The summed E-state index contributed by atoms with van der Waals surface area (Å²) in [4.78, 5) is 14.8. The lowest BCUT2D eigenvalue weighted by Gasteiger charge is -2.20. The second-order valence-electron chi connectivity index (χ2n) is 6.18. The Bertz CT molecular complexity index is 802. The number of hydrogen-bond acceptors (Lipinski definition) is 3. The summed E-state index contributed by atoms with van der Waals surface area (Å²) in [5, 5.41) is 0. The van der Waals surface area contributed by atoms with Gasteiger partial charge in [0.05, 0.1) is 6.54 Å². The molecule has 0 aliphatic heterocycles. The van der Waals surface area contributed by atoms with Crippen molar-refractivity contribution < 1.29 is 9.13 Å². The lowest BCUT2D eigenvalue weighted by atomic mass is 10.2. The average molecular weight is 382 g/mol. The molecular weight excluding hydrogens is 355 g/mol. The van der Waals surface area contributed by atoms with E-state index in [0.717, 1.165) is 23.4 Å². The van der Waals surface area contributed by atoms with Crippen LogP contribution in [0.4, 0.5) is 4.39 Å². The summed E-state index contributed by atoms with van der Waals surface area (Å²) < 4.78 is 18.7. The summed E-state index contributed by atoms with van der Waals surface area (Å²) in [5.74, 6) is 0.979. The standard InChI is InChI=1S/C22H27FN4O/c1-4-14-27(5-2)22(24-12-11-19-9-10-21(23)26-17-19)25-13-15-28-20-8-6-7-18(3)16-20/h4,6-10,12,16-17H,1,5,11,13-15H2,2-3H3/b24-12-,25-22-. The highest BCUT2D eigenvalue weighted by molar-refractivity contribution is 5.88. The van der Waals surface area contributed by atoms with Gasteiger partial charge in [0.2, 0.25) is 11.9 Å². The van der Waals surface area contributed by atoms with Gasteiger partial charge in [-0.1, -0.05) is 24.3 Å². The average Bonchev–Trinajstić information content (AvgIpc) is 2.69. The third kappa shape index (κ3) is 7.31. The van der Waals surface area contributed by atoms with Crippen LogP contribution in [0.3, 0.4) is 0 Å². The van der Waals surface area contributed by atoms with Gasteiger partial charge in [-0.3, -0.25) is 0 Å². The molecule has 0 saturated heterocycles. The number of guanidine groups is 1. The van der Waals surface area contributed by atoms with Crippen molar-refractivity contribution >= 4 is 12.2 Å². The van der Waals surface area contributed by atoms with Crippen LogP contribution in [-0.2, 0) is 6.42 Å². The Kier molecular flexibility index (Phi) is 8.85. The molecule has 2 rings (SSSR count). The molecule has 2 aromatic rings. The molecule has 1 heterocycles. The molecule has 0 radical (unpaired) electrons. The second kappa shape index (κ2) is 11.6. The lowest BCUT2D eigenvalue weighted by Crippen LogP contribution is -2.30. The first-order valence-corrected chi connectivity index (χ1v) is 9.35. The zero-order valence-corrected chi connectivity index (χ0v) is 16.5. The van der Waals surface area contributed by atoms with Crippen molar-refractivity contribution in [3.8, 4) is 5.75 Å². The van der Waals surface area contributed by atoms with E-state index in [1.165, 1.54) is 12.3 Å². The van der Waals surface area contributed by atoms with E-state index >= 15 is 0 Å². The monoisotopic (exact) mass is 382 g/mol. The number of halogens is 1. The fraction of sp³-hybridized carbons (Fsp3) is 0.318. The first kappa shape index (κ1) is 21.3. The van der Waals surface area contributed by atoms with Crippen molar-refractivity contribution in [2.45, 2.75) is 20.3 Å². The van der Waals surface area contributed by atoms with Gasteiger partial charge in [-0.05, 0) is 43.2 Å². The van der Waals surface area contributed by atoms with Crippen LogP contribution in [0.15, 0.2) is 65.2 Å². The summed E-state index contributed by atoms with van der Waals surface area (Å²) in [6, 6.07) is 11.0. The predicted octanol–water partition coefficient (Wildman–Crippen LogP) is 4.09. The predicted molar refractivity (Wildman–Crippen MR) is 113 cm³/mol. The van der Waals surface area contributed by atoms with E-state index in [0.29, 0.717) is 32.1 Å². The third-order valence-electron chi connectivity index (χ3n) is 3.94. The number of likely N-dealkylation sites (N-methyl/N-ethyl adjacent to an activating group) is 1. The molecule has 0 amide bonds. The molecule has 0 atom stereocenters. The molecule has 1 aromatic heterocycles. The Balaban J connectivity index is 1.98. The quantitative estimate of drug-likeness (QED) is 0.216. The Morgan fingerprint density at radius 3 is 2.86 bits per heavy atom. The maximum Gasteiger partial charge on any atom is 0.220 e. The highest BCUT2D eigenvalue weighted by atomic mass is 19.1. The van der Waals surface area contributed by atoms with Crippen molar-refractivity contribution in [1.82, 2.24) is 9.88 Å². The molecule has 1 aromatic carbocycles. The number of hydrogen-bond donors (Lipinski definition) is 0. The van der Waals surface area contributed by atoms with E-state index < -0.39 is 5.95 Å². The summed E-state index contributed by atoms with van der Waals surface area (Å²) >= 11 is 0. The highest BCUT2D eigenvalue weighted by Crippen LogP contribution is 2.12. The number of aliphatic imine (C=N–C) groups is 2. The first-order valence-electron chi connectivity index (χ1n) is 9.35. The number of nitrogens with zero attached hydrogens (tertiary/aromatic N) is 4.